The van der Waals surface area contributed by atoms with Gasteiger partial charge in [0, 0.05) is 30.1 Å². The Bertz CT molecular complexity index is 853. The first-order chi connectivity index (χ1) is 11.5. The monoisotopic (exact) mass is 348 g/mol. The molecule has 0 aliphatic carbocycles. The summed E-state index contributed by atoms with van der Waals surface area (Å²) < 4.78 is 33.2. The molecule has 1 atom stereocenters. The molecule has 1 aromatic carbocycles. The Labute approximate surface area is 141 Å². The molecule has 1 N–H and O–H groups in total. The predicted octanol–water partition coefficient (Wildman–Crippen LogP) is 2.41. The second-order valence-electron chi connectivity index (χ2n) is 5.52. The van der Waals surface area contributed by atoms with Gasteiger partial charge in [-0.05, 0) is 19.4 Å². The summed E-state index contributed by atoms with van der Waals surface area (Å²) in [5, 5.41) is 6.43. The van der Waals surface area contributed by atoms with E-state index in [2.05, 4.69) is 21.7 Å². The number of hydrazone groups is 1. The number of guanidine groups is 1. The van der Waals surface area contributed by atoms with Crippen molar-refractivity contribution < 1.29 is 12.8 Å². The minimum absolute atomic E-state index is 0.136. The minimum atomic E-state index is -3.87. The van der Waals surface area contributed by atoms with Crippen molar-refractivity contribution in [2.75, 3.05) is 13.1 Å². The Morgan fingerprint density at radius 3 is 2.88 bits per heavy atom. The highest BCUT2D eigenvalue weighted by Gasteiger charge is 2.26. The Balaban J connectivity index is 1.86. The lowest BCUT2D eigenvalue weighted by molar-refractivity contribution is 0.427. The van der Waals surface area contributed by atoms with E-state index in [1.165, 1.54) is 6.07 Å². The van der Waals surface area contributed by atoms with Crippen molar-refractivity contribution >= 4 is 33.2 Å². The molecular formula is C16H20N4O3S. The number of benzene rings is 1. The largest absolute Gasteiger partial charge is 0.443 e. The summed E-state index contributed by atoms with van der Waals surface area (Å²) in [6, 6.07) is 8.66. The van der Waals surface area contributed by atoms with Crippen molar-refractivity contribution in [3.63, 3.8) is 0 Å². The molecule has 128 valence electrons. The van der Waals surface area contributed by atoms with Crippen LogP contribution in [0.25, 0.3) is 11.0 Å². The van der Waals surface area contributed by atoms with E-state index in [4.69, 9.17) is 4.42 Å². The van der Waals surface area contributed by atoms with Crippen molar-refractivity contribution in [2.24, 2.45) is 16.0 Å². The average molecular weight is 348 g/mol. The third-order valence-electron chi connectivity index (χ3n) is 3.79. The lowest BCUT2D eigenvalue weighted by Crippen LogP contribution is -2.41. The molecule has 0 fully saturated rings. The van der Waals surface area contributed by atoms with Crippen LogP contribution in [-0.2, 0) is 10.0 Å². The molecule has 2 heterocycles. The topological polar surface area (TPSA) is 87.3 Å². The van der Waals surface area contributed by atoms with Gasteiger partial charge >= 0.3 is 0 Å². The van der Waals surface area contributed by atoms with Crippen LogP contribution < -0.4 is 4.72 Å². The summed E-state index contributed by atoms with van der Waals surface area (Å²) in [6.07, 6.45) is 2.76. The maximum Gasteiger partial charge on any atom is 0.297 e. The molecule has 3 rings (SSSR count). The smallest absolute Gasteiger partial charge is 0.297 e. The molecule has 0 radical (unpaired) electrons. The Hall–Kier alpha value is -2.35. The predicted molar refractivity (Wildman–Crippen MR) is 93.5 cm³/mol. The number of sulfonamides is 1. The molecule has 2 aromatic rings. The van der Waals surface area contributed by atoms with Crippen LogP contribution in [0.5, 0.6) is 0 Å². The van der Waals surface area contributed by atoms with Gasteiger partial charge in [0.05, 0.1) is 6.54 Å². The van der Waals surface area contributed by atoms with Crippen LogP contribution in [0.15, 0.2) is 49.9 Å². The first kappa shape index (κ1) is 16.5. The van der Waals surface area contributed by atoms with E-state index in [0.29, 0.717) is 24.6 Å². The fourth-order valence-electron chi connectivity index (χ4n) is 2.44. The molecular weight excluding hydrogens is 328 g/mol. The zero-order valence-electron chi connectivity index (χ0n) is 13.6. The second kappa shape index (κ2) is 6.64. The molecule has 0 saturated carbocycles. The van der Waals surface area contributed by atoms with E-state index in [9.17, 15) is 8.42 Å². The summed E-state index contributed by atoms with van der Waals surface area (Å²) in [4.78, 5) is 4.24. The normalized spacial score (nSPS) is 18.5. The van der Waals surface area contributed by atoms with E-state index in [0.717, 1.165) is 11.8 Å². The summed E-state index contributed by atoms with van der Waals surface area (Å²) in [6.45, 7) is 4.96. The van der Waals surface area contributed by atoms with Gasteiger partial charge in [-0.3, -0.25) is 4.99 Å². The molecule has 0 spiro atoms. The fraction of sp³-hybridized carbons (Fsp3) is 0.375. The molecule has 7 nitrogen and oxygen atoms in total. The first-order valence-electron chi connectivity index (χ1n) is 7.91. The zero-order valence-corrected chi connectivity index (χ0v) is 14.5. The summed E-state index contributed by atoms with van der Waals surface area (Å²) >= 11 is 0. The van der Waals surface area contributed by atoms with Crippen LogP contribution in [-0.4, -0.2) is 38.7 Å². The maximum atomic E-state index is 12.6. The molecule has 1 aliphatic heterocycles. The number of hydrogen-bond donors (Lipinski definition) is 1. The highest BCUT2D eigenvalue weighted by Crippen LogP contribution is 2.22. The third kappa shape index (κ3) is 3.28. The number of hydrogen-bond acceptors (Lipinski definition) is 5. The number of aliphatic imine (C=N–C) groups is 1. The standard InChI is InChI=1S/C16H20N4O3S/c1-3-12-10-18-20(11-12)16(17-4-2)19-24(21,22)15-9-13-7-5-6-8-14(13)23-15/h5-10,12H,3-4,11H2,1-2H3,(H,17,19). The van der Waals surface area contributed by atoms with Crippen molar-refractivity contribution in [3.8, 4) is 0 Å². The third-order valence-corrected chi connectivity index (χ3v) is 4.98. The Morgan fingerprint density at radius 1 is 1.42 bits per heavy atom. The number of para-hydroxylation sites is 1. The quantitative estimate of drug-likeness (QED) is 0.679. The lowest BCUT2D eigenvalue weighted by Gasteiger charge is -2.18. The highest BCUT2D eigenvalue weighted by atomic mass is 32.2. The van der Waals surface area contributed by atoms with Crippen LogP contribution in [0, 0.1) is 5.92 Å². The highest BCUT2D eigenvalue weighted by molar-refractivity contribution is 7.90. The maximum absolute atomic E-state index is 12.6. The molecule has 8 heteroatoms. The average Bonchev–Trinajstić information content (AvgIpc) is 3.21. The van der Waals surface area contributed by atoms with Crippen molar-refractivity contribution in [1.82, 2.24) is 9.73 Å². The minimum Gasteiger partial charge on any atom is -0.443 e. The number of rotatable bonds is 4. The van der Waals surface area contributed by atoms with Crippen molar-refractivity contribution in [1.29, 1.82) is 0 Å². The number of fused-ring (bicyclic) bond motifs is 1. The van der Waals surface area contributed by atoms with Crippen LogP contribution in [0.3, 0.4) is 0 Å². The number of nitrogens with one attached hydrogen (secondary N) is 1. The van der Waals surface area contributed by atoms with Gasteiger partial charge in [-0.25, -0.2) is 9.73 Å². The first-order valence-corrected chi connectivity index (χ1v) is 9.39. The van der Waals surface area contributed by atoms with Crippen LogP contribution in [0.1, 0.15) is 20.3 Å². The van der Waals surface area contributed by atoms with E-state index >= 15 is 0 Å². The van der Waals surface area contributed by atoms with E-state index in [-0.39, 0.29) is 11.1 Å². The lowest BCUT2D eigenvalue weighted by atomic mass is 10.1. The molecule has 1 aliphatic rings. The van der Waals surface area contributed by atoms with Crippen LogP contribution in [0.4, 0.5) is 0 Å². The Kier molecular flexibility index (Phi) is 4.57. The molecule has 1 unspecified atom stereocenters. The van der Waals surface area contributed by atoms with E-state index in [1.54, 1.807) is 23.2 Å². The van der Waals surface area contributed by atoms with Crippen molar-refractivity contribution in [2.45, 2.75) is 25.4 Å². The molecule has 0 bridgehead atoms. The Morgan fingerprint density at radius 2 is 2.21 bits per heavy atom. The van der Waals surface area contributed by atoms with Gasteiger partial charge in [-0.2, -0.15) is 13.5 Å². The van der Waals surface area contributed by atoms with Gasteiger partial charge in [0.15, 0.2) is 0 Å². The van der Waals surface area contributed by atoms with E-state index < -0.39 is 10.0 Å². The van der Waals surface area contributed by atoms with Gasteiger partial charge in [-0.15, -0.1) is 0 Å². The molecule has 24 heavy (non-hydrogen) atoms. The van der Waals surface area contributed by atoms with Gasteiger partial charge in [0.25, 0.3) is 10.0 Å². The van der Waals surface area contributed by atoms with Gasteiger partial charge < -0.3 is 4.42 Å². The molecule has 1 aromatic heterocycles. The summed E-state index contributed by atoms with van der Waals surface area (Å²) in [5.41, 5.74) is 0.525. The fourth-order valence-corrected chi connectivity index (χ4v) is 3.44. The van der Waals surface area contributed by atoms with Gasteiger partial charge in [-0.1, -0.05) is 25.1 Å². The summed E-state index contributed by atoms with van der Waals surface area (Å²) in [5.74, 6) is 0.507. The van der Waals surface area contributed by atoms with E-state index in [1.807, 2.05) is 19.2 Å². The molecule has 0 amide bonds. The second-order valence-corrected chi connectivity index (χ2v) is 7.14. The zero-order chi connectivity index (χ0) is 17.2. The SMILES string of the molecule is CCN=C(NS(=O)(=O)c1cc2ccccc2o1)N1CC(CC)C=N1. The number of nitrogens with zero attached hydrogens (tertiary/aromatic N) is 3. The van der Waals surface area contributed by atoms with Crippen LogP contribution in [0.2, 0.25) is 0 Å². The van der Waals surface area contributed by atoms with Gasteiger partial charge in [0.1, 0.15) is 5.58 Å². The number of furan rings is 1. The summed E-state index contributed by atoms with van der Waals surface area (Å²) in [7, 11) is -3.87. The van der Waals surface area contributed by atoms with Crippen molar-refractivity contribution in [3.05, 3.63) is 30.3 Å². The van der Waals surface area contributed by atoms with Crippen LogP contribution >= 0.6 is 0 Å². The van der Waals surface area contributed by atoms with Gasteiger partial charge in [0.2, 0.25) is 11.1 Å². The molecule has 0 saturated heterocycles.